The summed E-state index contributed by atoms with van der Waals surface area (Å²) < 4.78 is 1.83. The molecule has 0 aliphatic carbocycles. The normalized spacial score (nSPS) is 19.8. The predicted molar refractivity (Wildman–Crippen MR) is 61.2 cm³/mol. The second-order valence-electron chi connectivity index (χ2n) is 4.79. The third-order valence-corrected chi connectivity index (χ3v) is 3.29. The molecule has 0 bridgehead atoms. The van der Waals surface area contributed by atoms with Gasteiger partial charge in [-0.15, -0.1) is 0 Å². The van der Waals surface area contributed by atoms with E-state index in [1.165, 1.54) is 0 Å². The van der Waals surface area contributed by atoms with E-state index in [1.54, 1.807) is 0 Å². The molecule has 1 aliphatic rings. The first-order valence-electron chi connectivity index (χ1n) is 5.63. The Morgan fingerprint density at radius 3 is 2.56 bits per heavy atom. The van der Waals surface area contributed by atoms with E-state index in [0.717, 1.165) is 0 Å². The standard InChI is InChI=1S/C12H18N2O2/c1-12(16)5-8-14(9-6-12)11(15)10-4-3-7-13(10)2/h3-4,7,16H,5-6,8-9H2,1-2H3. The maximum Gasteiger partial charge on any atom is 0.270 e. The van der Waals surface area contributed by atoms with Gasteiger partial charge in [0, 0.05) is 26.3 Å². The lowest BCUT2D eigenvalue weighted by Crippen LogP contribution is -2.45. The fourth-order valence-electron chi connectivity index (χ4n) is 2.04. The fourth-order valence-corrected chi connectivity index (χ4v) is 2.04. The number of piperidine rings is 1. The van der Waals surface area contributed by atoms with Crippen LogP contribution in [-0.2, 0) is 7.05 Å². The van der Waals surface area contributed by atoms with Crippen LogP contribution < -0.4 is 0 Å². The third-order valence-electron chi connectivity index (χ3n) is 3.29. The van der Waals surface area contributed by atoms with Crippen molar-refractivity contribution < 1.29 is 9.90 Å². The summed E-state index contributed by atoms with van der Waals surface area (Å²) in [4.78, 5) is 13.9. The summed E-state index contributed by atoms with van der Waals surface area (Å²) in [6, 6.07) is 3.70. The predicted octanol–water partition coefficient (Wildman–Crippen LogP) is 1.01. The molecule has 2 rings (SSSR count). The maximum absolute atomic E-state index is 12.1. The molecule has 4 nitrogen and oxygen atoms in total. The van der Waals surface area contributed by atoms with E-state index in [-0.39, 0.29) is 5.91 Å². The van der Waals surface area contributed by atoms with E-state index in [1.807, 2.05) is 41.8 Å². The largest absolute Gasteiger partial charge is 0.390 e. The van der Waals surface area contributed by atoms with Crippen LogP contribution >= 0.6 is 0 Å². The molecule has 0 radical (unpaired) electrons. The second kappa shape index (κ2) is 3.94. The van der Waals surface area contributed by atoms with E-state index in [9.17, 15) is 9.90 Å². The van der Waals surface area contributed by atoms with E-state index in [2.05, 4.69) is 0 Å². The van der Waals surface area contributed by atoms with Gasteiger partial charge in [0.15, 0.2) is 0 Å². The zero-order valence-corrected chi connectivity index (χ0v) is 9.81. The van der Waals surface area contributed by atoms with Crippen molar-refractivity contribution in [3.05, 3.63) is 24.0 Å². The fraction of sp³-hybridized carbons (Fsp3) is 0.583. The van der Waals surface area contributed by atoms with Crippen molar-refractivity contribution in [3.8, 4) is 0 Å². The zero-order chi connectivity index (χ0) is 11.8. The van der Waals surface area contributed by atoms with Gasteiger partial charge in [0.1, 0.15) is 5.69 Å². The zero-order valence-electron chi connectivity index (χ0n) is 9.81. The van der Waals surface area contributed by atoms with Gasteiger partial charge in [-0.25, -0.2) is 0 Å². The summed E-state index contributed by atoms with van der Waals surface area (Å²) in [5.74, 6) is 0.0583. The molecule has 88 valence electrons. The summed E-state index contributed by atoms with van der Waals surface area (Å²) in [5, 5.41) is 9.82. The third kappa shape index (κ3) is 2.11. The molecule has 1 aliphatic heterocycles. The molecule has 0 atom stereocenters. The van der Waals surface area contributed by atoms with Crippen molar-refractivity contribution in [1.29, 1.82) is 0 Å². The molecule has 4 heteroatoms. The topological polar surface area (TPSA) is 45.5 Å². The van der Waals surface area contributed by atoms with Crippen LogP contribution in [0.5, 0.6) is 0 Å². The molecule has 1 saturated heterocycles. The van der Waals surface area contributed by atoms with Crippen molar-refractivity contribution in [2.45, 2.75) is 25.4 Å². The summed E-state index contributed by atoms with van der Waals surface area (Å²) >= 11 is 0. The number of aromatic nitrogens is 1. The molecular weight excluding hydrogens is 204 g/mol. The highest BCUT2D eigenvalue weighted by molar-refractivity contribution is 5.92. The van der Waals surface area contributed by atoms with Crippen molar-refractivity contribution in [3.63, 3.8) is 0 Å². The Morgan fingerprint density at radius 2 is 2.06 bits per heavy atom. The van der Waals surface area contributed by atoms with Gasteiger partial charge in [0.2, 0.25) is 0 Å². The van der Waals surface area contributed by atoms with Gasteiger partial charge in [0.25, 0.3) is 5.91 Å². The van der Waals surface area contributed by atoms with Gasteiger partial charge in [-0.3, -0.25) is 4.79 Å². The van der Waals surface area contributed by atoms with Gasteiger partial charge in [0.05, 0.1) is 5.60 Å². The van der Waals surface area contributed by atoms with Gasteiger partial charge in [-0.1, -0.05) is 0 Å². The molecule has 1 aromatic heterocycles. The number of hydrogen-bond donors (Lipinski definition) is 1. The molecule has 0 aromatic carbocycles. The number of aliphatic hydroxyl groups is 1. The molecule has 1 N–H and O–H groups in total. The van der Waals surface area contributed by atoms with E-state index in [0.29, 0.717) is 31.6 Å². The smallest absolute Gasteiger partial charge is 0.270 e. The lowest BCUT2D eigenvalue weighted by Gasteiger charge is -2.35. The van der Waals surface area contributed by atoms with Gasteiger partial charge in [-0.2, -0.15) is 0 Å². The van der Waals surface area contributed by atoms with Gasteiger partial charge < -0.3 is 14.6 Å². The molecule has 1 fully saturated rings. The van der Waals surface area contributed by atoms with E-state index < -0.39 is 5.60 Å². The quantitative estimate of drug-likeness (QED) is 0.771. The number of aryl methyl sites for hydroxylation is 1. The average molecular weight is 222 g/mol. The highest BCUT2D eigenvalue weighted by atomic mass is 16.3. The first-order chi connectivity index (χ1) is 7.49. The summed E-state index contributed by atoms with van der Waals surface area (Å²) in [6.45, 7) is 3.10. The lowest BCUT2D eigenvalue weighted by molar-refractivity contribution is -0.00228. The van der Waals surface area contributed by atoms with Gasteiger partial charge in [-0.05, 0) is 31.9 Å². The monoisotopic (exact) mass is 222 g/mol. The molecule has 0 saturated carbocycles. The Bertz CT molecular complexity index is 385. The highest BCUT2D eigenvalue weighted by Gasteiger charge is 2.30. The van der Waals surface area contributed by atoms with Crippen LogP contribution in [0.1, 0.15) is 30.3 Å². The molecule has 0 unspecified atom stereocenters. The average Bonchev–Trinajstić information content (AvgIpc) is 2.63. The van der Waals surface area contributed by atoms with Crippen LogP contribution in [0.25, 0.3) is 0 Å². The Kier molecular flexibility index (Phi) is 2.76. The summed E-state index contributed by atoms with van der Waals surface area (Å²) in [7, 11) is 1.87. The number of carbonyl (C=O) groups excluding carboxylic acids is 1. The minimum absolute atomic E-state index is 0.0583. The number of carbonyl (C=O) groups is 1. The lowest BCUT2D eigenvalue weighted by atomic mass is 9.94. The van der Waals surface area contributed by atoms with Crippen LogP contribution in [-0.4, -0.2) is 39.2 Å². The van der Waals surface area contributed by atoms with Crippen LogP contribution in [0.2, 0.25) is 0 Å². The summed E-state index contributed by atoms with van der Waals surface area (Å²) in [5.41, 5.74) is 0.104. The number of rotatable bonds is 1. The molecule has 1 aromatic rings. The Labute approximate surface area is 95.5 Å². The molecular formula is C12H18N2O2. The second-order valence-corrected chi connectivity index (χ2v) is 4.79. The SMILES string of the molecule is Cn1cccc1C(=O)N1CCC(C)(O)CC1. The number of likely N-dealkylation sites (tertiary alicyclic amines) is 1. The maximum atomic E-state index is 12.1. The number of amides is 1. The van der Waals surface area contributed by atoms with Crippen molar-refractivity contribution in [2.24, 2.45) is 7.05 Å². The van der Waals surface area contributed by atoms with Crippen LogP contribution in [0.3, 0.4) is 0 Å². The summed E-state index contributed by atoms with van der Waals surface area (Å²) in [6.07, 6.45) is 3.18. The first kappa shape index (κ1) is 11.2. The molecule has 16 heavy (non-hydrogen) atoms. The molecule has 2 heterocycles. The Hall–Kier alpha value is -1.29. The van der Waals surface area contributed by atoms with Gasteiger partial charge >= 0.3 is 0 Å². The van der Waals surface area contributed by atoms with E-state index >= 15 is 0 Å². The molecule has 1 amide bonds. The Morgan fingerprint density at radius 1 is 1.44 bits per heavy atom. The van der Waals surface area contributed by atoms with E-state index in [4.69, 9.17) is 0 Å². The van der Waals surface area contributed by atoms with Crippen molar-refractivity contribution >= 4 is 5.91 Å². The number of nitrogens with zero attached hydrogens (tertiary/aromatic N) is 2. The van der Waals surface area contributed by atoms with Crippen LogP contribution in [0.4, 0.5) is 0 Å². The molecule has 0 spiro atoms. The highest BCUT2D eigenvalue weighted by Crippen LogP contribution is 2.22. The minimum Gasteiger partial charge on any atom is -0.390 e. The van der Waals surface area contributed by atoms with Crippen molar-refractivity contribution in [2.75, 3.05) is 13.1 Å². The minimum atomic E-state index is -0.606. The van der Waals surface area contributed by atoms with Crippen LogP contribution in [0.15, 0.2) is 18.3 Å². The number of hydrogen-bond acceptors (Lipinski definition) is 2. The van der Waals surface area contributed by atoms with Crippen molar-refractivity contribution in [1.82, 2.24) is 9.47 Å². The Balaban J connectivity index is 2.05. The van der Waals surface area contributed by atoms with Crippen LogP contribution in [0, 0.1) is 0 Å². The first-order valence-corrected chi connectivity index (χ1v) is 5.63.